The van der Waals surface area contributed by atoms with Crippen molar-refractivity contribution in [3.63, 3.8) is 0 Å². The molecule has 0 aromatic carbocycles. The van der Waals surface area contributed by atoms with Crippen LogP contribution in [0, 0.1) is 0 Å². The molecule has 0 bridgehead atoms. The van der Waals surface area contributed by atoms with Gasteiger partial charge in [0.2, 0.25) is 0 Å². The number of hydrogen-bond acceptors (Lipinski definition) is 3. The fourth-order valence-electron chi connectivity index (χ4n) is 2.16. The van der Waals surface area contributed by atoms with Crippen LogP contribution in [-0.4, -0.2) is 46.9 Å². The van der Waals surface area contributed by atoms with Crippen molar-refractivity contribution in [2.24, 2.45) is 12.0 Å². The molecular formula is C13H23N5S. The number of rotatable bonds is 5. The monoisotopic (exact) mass is 281 g/mol. The van der Waals surface area contributed by atoms with Crippen molar-refractivity contribution in [3.05, 3.63) is 18.0 Å². The van der Waals surface area contributed by atoms with Crippen LogP contribution in [0.1, 0.15) is 18.4 Å². The van der Waals surface area contributed by atoms with E-state index in [1.807, 2.05) is 31.2 Å². The van der Waals surface area contributed by atoms with E-state index < -0.39 is 0 Å². The minimum atomic E-state index is 0.747. The van der Waals surface area contributed by atoms with Crippen LogP contribution in [0.4, 0.5) is 0 Å². The zero-order valence-electron chi connectivity index (χ0n) is 11.7. The molecule has 1 aromatic rings. The Balaban J connectivity index is 1.64. The molecule has 2 heterocycles. The molecule has 106 valence electrons. The van der Waals surface area contributed by atoms with E-state index in [-0.39, 0.29) is 0 Å². The van der Waals surface area contributed by atoms with E-state index in [1.54, 1.807) is 0 Å². The van der Waals surface area contributed by atoms with Crippen LogP contribution in [0.15, 0.2) is 17.4 Å². The Hall–Kier alpha value is -1.17. The summed E-state index contributed by atoms with van der Waals surface area (Å²) in [5.74, 6) is 2.20. The molecule has 1 atom stereocenters. The van der Waals surface area contributed by atoms with Gasteiger partial charge in [-0.05, 0) is 30.6 Å². The number of hydrogen-bond donors (Lipinski definition) is 2. The topological polar surface area (TPSA) is 54.2 Å². The van der Waals surface area contributed by atoms with Crippen LogP contribution >= 0.6 is 11.8 Å². The van der Waals surface area contributed by atoms with Gasteiger partial charge in [0.25, 0.3) is 0 Å². The summed E-state index contributed by atoms with van der Waals surface area (Å²) < 4.78 is 1.83. The Morgan fingerprint density at radius 1 is 1.58 bits per heavy atom. The number of guanidine groups is 1. The smallest absolute Gasteiger partial charge is 0.191 e. The third-order valence-corrected chi connectivity index (χ3v) is 4.61. The zero-order valence-corrected chi connectivity index (χ0v) is 12.5. The molecule has 1 unspecified atom stereocenters. The number of aryl methyl sites for hydroxylation is 1. The van der Waals surface area contributed by atoms with Crippen LogP contribution in [-0.2, 0) is 13.5 Å². The van der Waals surface area contributed by atoms with Gasteiger partial charge in [-0.15, -0.1) is 0 Å². The highest BCUT2D eigenvalue weighted by atomic mass is 32.2. The molecule has 0 amide bonds. The average Bonchev–Trinajstić information content (AvgIpc) is 3.05. The van der Waals surface area contributed by atoms with Crippen molar-refractivity contribution in [2.45, 2.75) is 24.5 Å². The second-order valence-corrected chi connectivity index (χ2v) is 6.20. The molecule has 1 aliphatic rings. The van der Waals surface area contributed by atoms with E-state index >= 15 is 0 Å². The summed E-state index contributed by atoms with van der Waals surface area (Å²) in [6, 6.07) is 0. The first-order valence-corrected chi connectivity index (χ1v) is 7.86. The first-order chi connectivity index (χ1) is 9.28. The Kier molecular flexibility index (Phi) is 5.57. The molecule has 1 aliphatic heterocycles. The SMILES string of the molecule is CN=C(NCCc1cnn(C)c1)NCC1CCCS1. The Morgan fingerprint density at radius 3 is 3.11 bits per heavy atom. The zero-order chi connectivity index (χ0) is 13.5. The van der Waals surface area contributed by atoms with E-state index in [4.69, 9.17) is 0 Å². The lowest BCUT2D eigenvalue weighted by Gasteiger charge is -2.14. The molecule has 0 spiro atoms. The number of aliphatic imine (C=N–C) groups is 1. The lowest BCUT2D eigenvalue weighted by Crippen LogP contribution is -2.40. The van der Waals surface area contributed by atoms with E-state index in [2.05, 4.69) is 32.5 Å². The van der Waals surface area contributed by atoms with Gasteiger partial charge in [-0.25, -0.2) is 0 Å². The van der Waals surface area contributed by atoms with Gasteiger partial charge in [0.1, 0.15) is 0 Å². The van der Waals surface area contributed by atoms with Gasteiger partial charge in [0.05, 0.1) is 6.20 Å². The number of nitrogens with zero attached hydrogens (tertiary/aromatic N) is 3. The third-order valence-electron chi connectivity index (χ3n) is 3.21. The maximum absolute atomic E-state index is 4.25. The lowest BCUT2D eigenvalue weighted by atomic mass is 10.2. The molecule has 1 aromatic heterocycles. The summed E-state index contributed by atoms with van der Waals surface area (Å²) in [6.45, 7) is 1.89. The summed E-state index contributed by atoms with van der Waals surface area (Å²) in [7, 11) is 3.76. The maximum Gasteiger partial charge on any atom is 0.191 e. The quantitative estimate of drug-likeness (QED) is 0.625. The predicted molar refractivity (Wildman–Crippen MR) is 81.8 cm³/mol. The van der Waals surface area contributed by atoms with Crippen LogP contribution in [0.5, 0.6) is 0 Å². The van der Waals surface area contributed by atoms with E-state index in [0.29, 0.717) is 0 Å². The molecule has 1 fully saturated rings. The Morgan fingerprint density at radius 2 is 2.47 bits per heavy atom. The van der Waals surface area contributed by atoms with Crippen LogP contribution < -0.4 is 10.6 Å². The van der Waals surface area contributed by atoms with Gasteiger partial charge >= 0.3 is 0 Å². The summed E-state index contributed by atoms with van der Waals surface area (Å²) in [5, 5.41) is 11.7. The van der Waals surface area contributed by atoms with Gasteiger partial charge in [-0.2, -0.15) is 16.9 Å². The van der Waals surface area contributed by atoms with Gasteiger partial charge < -0.3 is 10.6 Å². The largest absolute Gasteiger partial charge is 0.356 e. The molecule has 0 radical (unpaired) electrons. The van der Waals surface area contributed by atoms with Crippen LogP contribution in [0.2, 0.25) is 0 Å². The van der Waals surface area contributed by atoms with Crippen molar-refractivity contribution in [1.29, 1.82) is 0 Å². The number of nitrogens with one attached hydrogen (secondary N) is 2. The highest BCUT2D eigenvalue weighted by molar-refractivity contribution is 8.00. The first-order valence-electron chi connectivity index (χ1n) is 6.81. The average molecular weight is 281 g/mol. The molecule has 6 heteroatoms. The highest BCUT2D eigenvalue weighted by Gasteiger charge is 2.15. The van der Waals surface area contributed by atoms with Gasteiger partial charge in [-0.3, -0.25) is 9.67 Å². The van der Waals surface area contributed by atoms with E-state index in [0.717, 1.165) is 30.7 Å². The minimum absolute atomic E-state index is 0.747. The standard InChI is InChI=1S/C13H23N5S/c1-14-13(16-9-12-4-3-7-19-12)15-6-5-11-8-17-18(2)10-11/h8,10,12H,3-7,9H2,1-2H3,(H2,14,15,16). The second-order valence-electron chi connectivity index (χ2n) is 4.79. The third kappa shape index (κ3) is 4.78. The maximum atomic E-state index is 4.25. The summed E-state index contributed by atoms with van der Waals surface area (Å²) in [5.41, 5.74) is 1.25. The van der Waals surface area contributed by atoms with Crippen molar-refractivity contribution in [3.8, 4) is 0 Å². The Bertz CT molecular complexity index is 409. The number of thioether (sulfide) groups is 1. The van der Waals surface area contributed by atoms with Crippen LogP contribution in [0.3, 0.4) is 0 Å². The molecule has 2 rings (SSSR count). The first kappa shape index (κ1) is 14.2. The fraction of sp³-hybridized carbons (Fsp3) is 0.692. The summed E-state index contributed by atoms with van der Waals surface area (Å²) in [4.78, 5) is 4.25. The van der Waals surface area contributed by atoms with Gasteiger partial charge in [0, 0.05) is 38.6 Å². The minimum Gasteiger partial charge on any atom is -0.356 e. The van der Waals surface area contributed by atoms with Crippen LogP contribution in [0.25, 0.3) is 0 Å². The second kappa shape index (κ2) is 7.43. The summed E-state index contributed by atoms with van der Waals surface area (Å²) in [6.07, 6.45) is 7.60. The van der Waals surface area contributed by atoms with Crippen molar-refractivity contribution in [2.75, 3.05) is 25.9 Å². The lowest BCUT2D eigenvalue weighted by molar-refractivity contribution is 0.724. The molecule has 19 heavy (non-hydrogen) atoms. The molecule has 0 saturated carbocycles. The molecule has 1 saturated heterocycles. The molecule has 5 nitrogen and oxygen atoms in total. The van der Waals surface area contributed by atoms with E-state index in [1.165, 1.54) is 24.2 Å². The molecular weight excluding hydrogens is 258 g/mol. The van der Waals surface area contributed by atoms with Gasteiger partial charge in [0.15, 0.2) is 5.96 Å². The van der Waals surface area contributed by atoms with Crippen molar-refractivity contribution >= 4 is 17.7 Å². The van der Waals surface area contributed by atoms with Crippen molar-refractivity contribution in [1.82, 2.24) is 20.4 Å². The molecule has 0 aliphatic carbocycles. The van der Waals surface area contributed by atoms with Crippen molar-refractivity contribution < 1.29 is 0 Å². The highest BCUT2D eigenvalue weighted by Crippen LogP contribution is 2.25. The van der Waals surface area contributed by atoms with Gasteiger partial charge in [-0.1, -0.05) is 0 Å². The normalized spacial score (nSPS) is 19.7. The van der Waals surface area contributed by atoms with E-state index in [9.17, 15) is 0 Å². The fourth-order valence-corrected chi connectivity index (χ4v) is 3.36. The molecule has 2 N–H and O–H groups in total. The number of aromatic nitrogens is 2. The summed E-state index contributed by atoms with van der Waals surface area (Å²) >= 11 is 2.06. The predicted octanol–water partition coefficient (Wildman–Crippen LogP) is 1.02. The Labute approximate surface area is 119 Å².